The highest BCUT2D eigenvalue weighted by Gasteiger charge is 2.30. The number of likely N-dealkylation sites (tertiary alicyclic amines) is 1. The van der Waals surface area contributed by atoms with E-state index in [4.69, 9.17) is 0 Å². The SMILES string of the molecule is CCCCC(C(=O)O)C1CCN(CCC(C)C)CC1.Cl.Cl. The first-order chi connectivity index (χ1) is 9.04. The summed E-state index contributed by atoms with van der Waals surface area (Å²) in [6.45, 7) is 10.0. The van der Waals surface area contributed by atoms with E-state index in [1.165, 1.54) is 13.0 Å². The number of carbonyl (C=O) groups is 1. The highest BCUT2D eigenvalue weighted by atomic mass is 35.5. The van der Waals surface area contributed by atoms with Gasteiger partial charge in [-0.3, -0.25) is 4.79 Å². The van der Waals surface area contributed by atoms with Crippen LogP contribution in [-0.2, 0) is 4.79 Å². The fourth-order valence-corrected chi connectivity index (χ4v) is 3.00. The Balaban J connectivity index is 0. The normalized spacial score (nSPS) is 17.9. The average molecular weight is 342 g/mol. The van der Waals surface area contributed by atoms with Gasteiger partial charge in [-0.25, -0.2) is 0 Å². The van der Waals surface area contributed by atoms with Gasteiger partial charge < -0.3 is 10.0 Å². The van der Waals surface area contributed by atoms with E-state index in [1.807, 2.05) is 0 Å². The molecule has 1 N–H and O–H groups in total. The van der Waals surface area contributed by atoms with Crippen molar-refractivity contribution in [2.45, 2.75) is 59.3 Å². The zero-order valence-electron chi connectivity index (χ0n) is 13.7. The number of carboxylic acids is 1. The lowest BCUT2D eigenvalue weighted by molar-refractivity contribution is -0.144. The van der Waals surface area contributed by atoms with Gasteiger partial charge in [0.05, 0.1) is 5.92 Å². The van der Waals surface area contributed by atoms with Gasteiger partial charge in [-0.1, -0.05) is 33.6 Å². The van der Waals surface area contributed by atoms with E-state index in [0.717, 1.165) is 51.1 Å². The lowest BCUT2D eigenvalue weighted by Crippen LogP contribution is -2.38. The summed E-state index contributed by atoms with van der Waals surface area (Å²) in [5, 5.41) is 9.38. The molecule has 1 heterocycles. The molecule has 0 saturated carbocycles. The molecule has 1 unspecified atom stereocenters. The molecular formula is C16H33Cl2NO2. The minimum absolute atomic E-state index is 0. The molecule has 0 aromatic heterocycles. The van der Waals surface area contributed by atoms with Crippen molar-refractivity contribution in [3.05, 3.63) is 0 Å². The minimum Gasteiger partial charge on any atom is -0.481 e. The van der Waals surface area contributed by atoms with Crippen molar-refractivity contribution in [1.29, 1.82) is 0 Å². The van der Waals surface area contributed by atoms with E-state index in [1.54, 1.807) is 0 Å². The maximum Gasteiger partial charge on any atom is 0.306 e. The minimum atomic E-state index is -0.575. The smallest absolute Gasteiger partial charge is 0.306 e. The van der Waals surface area contributed by atoms with Crippen LogP contribution in [0.5, 0.6) is 0 Å². The van der Waals surface area contributed by atoms with Gasteiger partial charge in [0.25, 0.3) is 0 Å². The lowest BCUT2D eigenvalue weighted by Gasteiger charge is -2.35. The summed E-state index contributed by atoms with van der Waals surface area (Å²) in [6, 6.07) is 0. The van der Waals surface area contributed by atoms with Gasteiger partial charge >= 0.3 is 5.97 Å². The molecule has 128 valence electrons. The molecule has 1 saturated heterocycles. The Morgan fingerprint density at radius 3 is 2.19 bits per heavy atom. The predicted octanol–water partition coefficient (Wildman–Crippen LogP) is 4.48. The van der Waals surface area contributed by atoms with Crippen LogP contribution in [0.3, 0.4) is 0 Å². The first-order valence-electron chi connectivity index (χ1n) is 7.99. The summed E-state index contributed by atoms with van der Waals surface area (Å²) in [7, 11) is 0. The van der Waals surface area contributed by atoms with E-state index < -0.39 is 5.97 Å². The second-order valence-electron chi connectivity index (χ2n) is 6.45. The van der Waals surface area contributed by atoms with Crippen LogP contribution in [0.1, 0.15) is 59.3 Å². The maximum atomic E-state index is 11.4. The third-order valence-electron chi connectivity index (χ3n) is 4.41. The third kappa shape index (κ3) is 8.90. The molecule has 0 spiro atoms. The van der Waals surface area contributed by atoms with Gasteiger partial charge in [0.1, 0.15) is 0 Å². The number of nitrogens with zero attached hydrogens (tertiary/aromatic N) is 1. The Kier molecular flexibility index (Phi) is 13.9. The molecule has 1 aliphatic heterocycles. The molecule has 1 fully saturated rings. The van der Waals surface area contributed by atoms with Gasteiger partial charge in [-0.2, -0.15) is 0 Å². The standard InChI is InChI=1S/C16H31NO2.2ClH/c1-4-5-6-15(16(18)19)14-8-11-17(12-9-14)10-7-13(2)3;;/h13-15H,4-12H2,1-3H3,(H,18,19);2*1H. The molecule has 3 nitrogen and oxygen atoms in total. The number of halogens is 2. The molecule has 0 aromatic rings. The summed E-state index contributed by atoms with van der Waals surface area (Å²) < 4.78 is 0. The molecular weight excluding hydrogens is 309 g/mol. The second-order valence-corrected chi connectivity index (χ2v) is 6.45. The van der Waals surface area contributed by atoms with Gasteiger partial charge in [0.2, 0.25) is 0 Å². The van der Waals surface area contributed by atoms with E-state index in [9.17, 15) is 9.90 Å². The number of carboxylic acid groups (broad SMARTS) is 1. The molecule has 1 rings (SSSR count). The van der Waals surface area contributed by atoms with Crippen LogP contribution >= 0.6 is 24.8 Å². The number of unbranched alkanes of at least 4 members (excludes halogenated alkanes) is 1. The van der Waals surface area contributed by atoms with Gasteiger partial charge in [-0.15, -0.1) is 24.8 Å². The van der Waals surface area contributed by atoms with Crippen LogP contribution < -0.4 is 0 Å². The maximum absolute atomic E-state index is 11.4. The number of hydrogen-bond donors (Lipinski definition) is 1. The quantitative estimate of drug-likeness (QED) is 0.707. The highest BCUT2D eigenvalue weighted by molar-refractivity contribution is 5.85. The number of hydrogen-bond acceptors (Lipinski definition) is 2. The van der Waals surface area contributed by atoms with E-state index in [-0.39, 0.29) is 30.7 Å². The molecule has 1 atom stereocenters. The largest absolute Gasteiger partial charge is 0.481 e. The monoisotopic (exact) mass is 341 g/mol. The number of piperidine rings is 1. The van der Waals surface area contributed by atoms with Gasteiger partial charge in [0.15, 0.2) is 0 Å². The van der Waals surface area contributed by atoms with Crippen molar-refractivity contribution in [3.8, 4) is 0 Å². The highest BCUT2D eigenvalue weighted by Crippen LogP contribution is 2.29. The lowest BCUT2D eigenvalue weighted by atomic mass is 9.81. The fourth-order valence-electron chi connectivity index (χ4n) is 3.00. The van der Waals surface area contributed by atoms with E-state index in [2.05, 4.69) is 25.7 Å². The Bertz CT molecular complexity index is 267. The molecule has 21 heavy (non-hydrogen) atoms. The third-order valence-corrected chi connectivity index (χ3v) is 4.41. The van der Waals surface area contributed by atoms with Crippen molar-refractivity contribution in [3.63, 3.8) is 0 Å². The number of rotatable bonds is 8. The van der Waals surface area contributed by atoms with Gasteiger partial charge in [0, 0.05) is 0 Å². The summed E-state index contributed by atoms with van der Waals surface area (Å²) in [4.78, 5) is 13.9. The molecule has 0 amide bonds. The van der Waals surface area contributed by atoms with Crippen LogP contribution in [0.2, 0.25) is 0 Å². The van der Waals surface area contributed by atoms with Crippen LogP contribution in [0.15, 0.2) is 0 Å². The summed E-state index contributed by atoms with van der Waals surface area (Å²) in [5.74, 6) is 0.481. The average Bonchev–Trinajstić information content (AvgIpc) is 2.37. The van der Waals surface area contributed by atoms with E-state index >= 15 is 0 Å². The van der Waals surface area contributed by atoms with Crippen molar-refractivity contribution in [1.82, 2.24) is 4.90 Å². The Labute approximate surface area is 142 Å². The predicted molar refractivity (Wildman–Crippen MR) is 93.8 cm³/mol. The molecule has 1 aliphatic rings. The van der Waals surface area contributed by atoms with Crippen LogP contribution in [0.4, 0.5) is 0 Å². The van der Waals surface area contributed by atoms with E-state index in [0.29, 0.717) is 5.92 Å². The van der Waals surface area contributed by atoms with Crippen LogP contribution in [0.25, 0.3) is 0 Å². The second kappa shape index (κ2) is 12.5. The molecule has 0 radical (unpaired) electrons. The zero-order chi connectivity index (χ0) is 14.3. The summed E-state index contributed by atoms with van der Waals surface area (Å²) >= 11 is 0. The van der Waals surface area contributed by atoms with Crippen molar-refractivity contribution >= 4 is 30.8 Å². The Hall–Kier alpha value is 0.01000. The topological polar surface area (TPSA) is 40.5 Å². The summed E-state index contributed by atoms with van der Waals surface area (Å²) in [6.07, 6.45) is 6.39. The van der Waals surface area contributed by atoms with Gasteiger partial charge in [-0.05, 0) is 57.2 Å². The number of aliphatic carboxylic acids is 1. The van der Waals surface area contributed by atoms with Crippen LogP contribution in [0, 0.1) is 17.8 Å². The molecule has 0 aromatic carbocycles. The zero-order valence-corrected chi connectivity index (χ0v) is 15.3. The Morgan fingerprint density at radius 1 is 1.19 bits per heavy atom. The first kappa shape index (κ1) is 23.3. The summed E-state index contributed by atoms with van der Waals surface area (Å²) in [5.41, 5.74) is 0. The van der Waals surface area contributed by atoms with Crippen LogP contribution in [-0.4, -0.2) is 35.6 Å². The van der Waals surface area contributed by atoms with Crippen molar-refractivity contribution in [2.75, 3.05) is 19.6 Å². The fraction of sp³-hybridized carbons (Fsp3) is 0.938. The molecule has 5 heteroatoms. The van der Waals surface area contributed by atoms with Crippen molar-refractivity contribution in [2.24, 2.45) is 17.8 Å². The van der Waals surface area contributed by atoms with Crippen molar-refractivity contribution < 1.29 is 9.90 Å². The molecule has 0 bridgehead atoms. The molecule has 0 aliphatic carbocycles. The first-order valence-corrected chi connectivity index (χ1v) is 7.99. The Morgan fingerprint density at radius 2 is 1.76 bits per heavy atom.